The standard InChI is InChI=1S/C20H22N2O4S/c1-11(2)12-6-7-14-17(10-12)27-20(21-14)22-19(23)13-8-15(24-3)18(26-5)16(9-13)25-4/h6-11H,1-5H3,(H,21,22,23). The third-order valence-corrected chi connectivity index (χ3v) is 5.16. The van der Waals surface area contributed by atoms with Crippen LogP contribution in [0.5, 0.6) is 17.2 Å². The minimum absolute atomic E-state index is 0.294. The molecule has 0 aliphatic carbocycles. The second kappa shape index (κ2) is 7.84. The van der Waals surface area contributed by atoms with E-state index < -0.39 is 0 Å². The molecule has 0 aliphatic rings. The zero-order valence-corrected chi connectivity index (χ0v) is 16.8. The van der Waals surface area contributed by atoms with Gasteiger partial charge in [0, 0.05) is 5.56 Å². The number of ether oxygens (including phenoxy) is 3. The smallest absolute Gasteiger partial charge is 0.257 e. The number of nitrogens with zero attached hydrogens (tertiary/aromatic N) is 1. The van der Waals surface area contributed by atoms with Crippen molar-refractivity contribution >= 4 is 32.6 Å². The van der Waals surface area contributed by atoms with Crippen LogP contribution in [0.15, 0.2) is 30.3 Å². The summed E-state index contributed by atoms with van der Waals surface area (Å²) >= 11 is 1.45. The normalized spacial score (nSPS) is 10.9. The maximum atomic E-state index is 12.7. The molecule has 0 fully saturated rings. The molecule has 0 aliphatic heterocycles. The van der Waals surface area contributed by atoms with Crippen LogP contribution < -0.4 is 19.5 Å². The summed E-state index contributed by atoms with van der Waals surface area (Å²) in [5.41, 5.74) is 2.50. The van der Waals surface area contributed by atoms with Crippen LogP contribution in [0, 0.1) is 0 Å². The number of anilines is 1. The number of carbonyl (C=O) groups excluding carboxylic acids is 1. The van der Waals surface area contributed by atoms with Crippen molar-refractivity contribution < 1.29 is 19.0 Å². The van der Waals surface area contributed by atoms with Gasteiger partial charge in [-0.25, -0.2) is 4.98 Å². The van der Waals surface area contributed by atoms with Gasteiger partial charge in [0.1, 0.15) is 0 Å². The lowest BCUT2D eigenvalue weighted by Crippen LogP contribution is -2.12. The van der Waals surface area contributed by atoms with E-state index in [2.05, 4.69) is 36.3 Å². The van der Waals surface area contributed by atoms with Gasteiger partial charge in [0.2, 0.25) is 5.75 Å². The van der Waals surface area contributed by atoms with E-state index in [1.54, 1.807) is 12.1 Å². The number of methoxy groups -OCH3 is 3. The second-order valence-electron chi connectivity index (χ2n) is 6.27. The molecule has 0 saturated heterocycles. The average Bonchev–Trinajstić information content (AvgIpc) is 3.07. The minimum Gasteiger partial charge on any atom is -0.493 e. The van der Waals surface area contributed by atoms with Crippen molar-refractivity contribution in [2.75, 3.05) is 26.6 Å². The van der Waals surface area contributed by atoms with Crippen molar-refractivity contribution in [3.05, 3.63) is 41.5 Å². The van der Waals surface area contributed by atoms with Gasteiger partial charge < -0.3 is 14.2 Å². The highest BCUT2D eigenvalue weighted by Crippen LogP contribution is 2.38. The molecule has 1 amide bonds. The highest BCUT2D eigenvalue weighted by Gasteiger charge is 2.18. The SMILES string of the molecule is COc1cc(C(=O)Nc2nc3ccc(C(C)C)cc3s2)cc(OC)c1OC. The third kappa shape index (κ3) is 3.83. The maximum absolute atomic E-state index is 12.7. The van der Waals surface area contributed by atoms with Gasteiger partial charge >= 0.3 is 0 Å². The first-order valence-electron chi connectivity index (χ1n) is 8.48. The van der Waals surface area contributed by atoms with Gasteiger partial charge in [-0.1, -0.05) is 31.3 Å². The molecule has 3 aromatic rings. The average molecular weight is 386 g/mol. The number of nitrogens with one attached hydrogen (secondary N) is 1. The van der Waals surface area contributed by atoms with Crippen LogP contribution in [-0.2, 0) is 0 Å². The zero-order chi connectivity index (χ0) is 19.6. The Bertz CT molecular complexity index is 956. The molecule has 0 radical (unpaired) electrons. The molecule has 0 saturated carbocycles. The predicted octanol–water partition coefficient (Wildman–Crippen LogP) is 4.70. The fourth-order valence-electron chi connectivity index (χ4n) is 2.74. The molecular weight excluding hydrogens is 364 g/mol. The quantitative estimate of drug-likeness (QED) is 0.665. The van der Waals surface area contributed by atoms with E-state index in [0.29, 0.717) is 33.9 Å². The lowest BCUT2D eigenvalue weighted by Gasteiger charge is -2.13. The predicted molar refractivity (Wildman–Crippen MR) is 108 cm³/mol. The van der Waals surface area contributed by atoms with Crippen LogP contribution in [0.1, 0.15) is 35.7 Å². The molecule has 3 rings (SSSR count). The summed E-state index contributed by atoms with van der Waals surface area (Å²) in [6.45, 7) is 4.30. The van der Waals surface area contributed by atoms with Gasteiger partial charge in [-0.15, -0.1) is 0 Å². The van der Waals surface area contributed by atoms with Gasteiger partial charge in [-0.3, -0.25) is 10.1 Å². The fourth-order valence-corrected chi connectivity index (χ4v) is 3.64. The first-order chi connectivity index (χ1) is 13.0. The van der Waals surface area contributed by atoms with E-state index in [4.69, 9.17) is 14.2 Å². The van der Waals surface area contributed by atoms with Crippen LogP contribution in [0.3, 0.4) is 0 Å². The summed E-state index contributed by atoms with van der Waals surface area (Å²) in [5.74, 6) is 1.43. The molecule has 2 aromatic carbocycles. The van der Waals surface area contributed by atoms with Crippen molar-refractivity contribution in [1.82, 2.24) is 4.98 Å². The number of aromatic nitrogens is 1. The molecule has 0 atom stereocenters. The number of amides is 1. The fraction of sp³-hybridized carbons (Fsp3) is 0.300. The van der Waals surface area contributed by atoms with E-state index in [-0.39, 0.29) is 5.91 Å². The molecule has 7 heteroatoms. The highest BCUT2D eigenvalue weighted by molar-refractivity contribution is 7.22. The summed E-state index contributed by atoms with van der Waals surface area (Å²) in [6, 6.07) is 9.39. The van der Waals surface area contributed by atoms with Crippen molar-refractivity contribution in [3.63, 3.8) is 0 Å². The molecule has 0 unspecified atom stereocenters. The first kappa shape index (κ1) is 19.0. The number of carbonyl (C=O) groups is 1. The van der Waals surface area contributed by atoms with Gasteiger partial charge in [0.25, 0.3) is 5.91 Å². The Morgan fingerprint density at radius 2 is 1.70 bits per heavy atom. The summed E-state index contributed by atoms with van der Waals surface area (Å²) in [4.78, 5) is 17.2. The Morgan fingerprint density at radius 3 is 2.26 bits per heavy atom. The van der Waals surface area contributed by atoms with Gasteiger partial charge in [0.15, 0.2) is 16.6 Å². The third-order valence-electron chi connectivity index (χ3n) is 4.23. The number of rotatable bonds is 6. The molecule has 27 heavy (non-hydrogen) atoms. The van der Waals surface area contributed by atoms with Crippen molar-refractivity contribution in [3.8, 4) is 17.2 Å². The zero-order valence-electron chi connectivity index (χ0n) is 16.0. The molecule has 1 heterocycles. The van der Waals surface area contributed by atoms with Crippen molar-refractivity contribution in [2.24, 2.45) is 0 Å². The number of hydrogen-bond donors (Lipinski definition) is 1. The maximum Gasteiger partial charge on any atom is 0.257 e. The number of hydrogen-bond acceptors (Lipinski definition) is 6. The molecule has 0 bridgehead atoms. The van der Waals surface area contributed by atoms with Crippen LogP contribution in [0.2, 0.25) is 0 Å². The summed E-state index contributed by atoms with van der Waals surface area (Å²) < 4.78 is 16.9. The number of benzene rings is 2. The lowest BCUT2D eigenvalue weighted by atomic mass is 10.0. The Hall–Kier alpha value is -2.80. The van der Waals surface area contributed by atoms with Crippen LogP contribution in [0.25, 0.3) is 10.2 Å². The molecule has 142 valence electrons. The topological polar surface area (TPSA) is 69.7 Å². The van der Waals surface area contributed by atoms with E-state index in [1.165, 1.54) is 38.2 Å². The Kier molecular flexibility index (Phi) is 5.51. The minimum atomic E-state index is -0.294. The first-order valence-corrected chi connectivity index (χ1v) is 9.30. The largest absolute Gasteiger partial charge is 0.493 e. The van der Waals surface area contributed by atoms with Gasteiger partial charge in [0.05, 0.1) is 31.5 Å². The van der Waals surface area contributed by atoms with Gasteiger partial charge in [-0.2, -0.15) is 0 Å². The molecule has 6 nitrogen and oxygen atoms in total. The monoisotopic (exact) mass is 386 g/mol. The Labute approximate surface area is 162 Å². The second-order valence-corrected chi connectivity index (χ2v) is 7.30. The molecule has 1 aromatic heterocycles. The highest BCUT2D eigenvalue weighted by atomic mass is 32.1. The van der Waals surface area contributed by atoms with Crippen LogP contribution in [-0.4, -0.2) is 32.2 Å². The van der Waals surface area contributed by atoms with E-state index in [1.807, 2.05) is 6.07 Å². The molecular formula is C20H22N2O4S. The van der Waals surface area contributed by atoms with E-state index in [0.717, 1.165) is 10.2 Å². The number of thiazole rings is 1. The lowest BCUT2D eigenvalue weighted by molar-refractivity contribution is 0.102. The van der Waals surface area contributed by atoms with E-state index in [9.17, 15) is 4.79 Å². The van der Waals surface area contributed by atoms with Crippen molar-refractivity contribution in [2.45, 2.75) is 19.8 Å². The molecule has 1 N–H and O–H groups in total. The van der Waals surface area contributed by atoms with Crippen molar-refractivity contribution in [1.29, 1.82) is 0 Å². The Morgan fingerprint density at radius 1 is 1.04 bits per heavy atom. The number of fused-ring (bicyclic) bond motifs is 1. The van der Waals surface area contributed by atoms with Crippen LogP contribution in [0.4, 0.5) is 5.13 Å². The summed E-state index contributed by atoms with van der Waals surface area (Å²) in [7, 11) is 4.55. The molecule has 0 spiro atoms. The summed E-state index contributed by atoms with van der Waals surface area (Å²) in [5, 5.41) is 3.40. The van der Waals surface area contributed by atoms with E-state index >= 15 is 0 Å². The van der Waals surface area contributed by atoms with Gasteiger partial charge in [-0.05, 0) is 35.7 Å². The Balaban J connectivity index is 1.90. The summed E-state index contributed by atoms with van der Waals surface area (Å²) in [6.07, 6.45) is 0. The van der Waals surface area contributed by atoms with Crippen LogP contribution >= 0.6 is 11.3 Å².